The molecule has 148 valence electrons. The van der Waals surface area contributed by atoms with Crippen molar-refractivity contribution >= 4 is 33.6 Å². The molecular formula is C20H22BrN3O4. The van der Waals surface area contributed by atoms with Crippen LogP contribution in [0.2, 0.25) is 0 Å². The monoisotopic (exact) mass is 447 g/mol. The molecular weight excluding hydrogens is 426 g/mol. The molecule has 0 spiro atoms. The lowest BCUT2D eigenvalue weighted by atomic mass is 10.2. The van der Waals surface area contributed by atoms with Crippen LogP contribution in [0, 0.1) is 0 Å². The number of carbonyl (C=O) groups excluding carboxylic acids is 2. The summed E-state index contributed by atoms with van der Waals surface area (Å²) in [6.07, 6.45) is 5.43. The molecule has 0 unspecified atom stereocenters. The predicted octanol–water partition coefficient (Wildman–Crippen LogP) is 3.84. The number of pyridine rings is 1. The molecule has 0 saturated carbocycles. The first-order chi connectivity index (χ1) is 13.6. The number of ether oxygens (including phenoxy) is 2. The zero-order valence-corrected chi connectivity index (χ0v) is 17.1. The standard InChI is InChI=1S/C20H22BrN3O4/c1-27-19(25)15-6-7-18(17(21)10-15)23-20(26)24(13-16-5-3-9-28-16)12-14-4-2-8-22-11-14/h2,4,6-8,10-11,16H,3,5,9,12-13H2,1H3,(H,23,26)/t16-/m0/s1. The Morgan fingerprint density at radius 1 is 1.39 bits per heavy atom. The maximum Gasteiger partial charge on any atom is 0.337 e. The van der Waals surface area contributed by atoms with Crippen molar-refractivity contribution in [2.75, 3.05) is 25.6 Å². The number of benzene rings is 1. The lowest BCUT2D eigenvalue weighted by molar-refractivity contribution is 0.0600. The quantitative estimate of drug-likeness (QED) is 0.680. The molecule has 1 atom stereocenters. The molecule has 1 aromatic heterocycles. The summed E-state index contributed by atoms with van der Waals surface area (Å²) in [6.45, 7) is 1.66. The number of anilines is 1. The van der Waals surface area contributed by atoms with Crippen molar-refractivity contribution in [2.24, 2.45) is 0 Å². The van der Waals surface area contributed by atoms with Gasteiger partial charge in [-0.25, -0.2) is 9.59 Å². The van der Waals surface area contributed by atoms with Crippen LogP contribution in [0.15, 0.2) is 47.2 Å². The first kappa shape index (κ1) is 20.3. The van der Waals surface area contributed by atoms with Gasteiger partial charge in [-0.1, -0.05) is 6.07 Å². The van der Waals surface area contributed by atoms with E-state index >= 15 is 0 Å². The summed E-state index contributed by atoms with van der Waals surface area (Å²) in [4.78, 5) is 30.4. The number of nitrogens with zero attached hydrogens (tertiary/aromatic N) is 2. The summed E-state index contributed by atoms with van der Waals surface area (Å²) in [7, 11) is 1.33. The highest BCUT2D eigenvalue weighted by molar-refractivity contribution is 9.10. The first-order valence-electron chi connectivity index (χ1n) is 9.01. The fourth-order valence-electron chi connectivity index (χ4n) is 3.02. The van der Waals surface area contributed by atoms with E-state index < -0.39 is 5.97 Å². The van der Waals surface area contributed by atoms with Crippen LogP contribution in [0.3, 0.4) is 0 Å². The first-order valence-corrected chi connectivity index (χ1v) is 9.80. The Morgan fingerprint density at radius 3 is 2.89 bits per heavy atom. The van der Waals surface area contributed by atoms with E-state index in [4.69, 9.17) is 9.47 Å². The summed E-state index contributed by atoms with van der Waals surface area (Å²) in [5.74, 6) is -0.435. The molecule has 2 aromatic rings. The number of halogens is 1. The molecule has 1 aliphatic rings. The molecule has 2 amide bonds. The Kier molecular flexibility index (Phi) is 7.00. The minimum atomic E-state index is -0.435. The van der Waals surface area contributed by atoms with Gasteiger partial charge in [-0.05, 0) is 58.6 Å². The van der Waals surface area contributed by atoms with Gasteiger partial charge in [-0.15, -0.1) is 0 Å². The lowest BCUT2D eigenvalue weighted by Gasteiger charge is -2.26. The van der Waals surface area contributed by atoms with Gasteiger partial charge in [-0.2, -0.15) is 0 Å². The highest BCUT2D eigenvalue weighted by Gasteiger charge is 2.23. The normalized spacial score (nSPS) is 15.9. The number of amides is 2. The van der Waals surface area contributed by atoms with Crippen molar-refractivity contribution in [2.45, 2.75) is 25.5 Å². The maximum absolute atomic E-state index is 13.0. The Bertz CT molecular complexity index is 825. The minimum absolute atomic E-state index is 0.0348. The Balaban J connectivity index is 1.73. The SMILES string of the molecule is COC(=O)c1ccc(NC(=O)N(Cc2cccnc2)C[C@@H]2CCCO2)c(Br)c1. The van der Waals surface area contributed by atoms with Crippen molar-refractivity contribution in [3.63, 3.8) is 0 Å². The summed E-state index contributed by atoms with van der Waals surface area (Å²) < 4.78 is 11.0. The molecule has 0 bridgehead atoms. The smallest absolute Gasteiger partial charge is 0.337 e. The molecule has 1 N–H and O–H groups in total. The Hall–Kier alpha value is -2.45. The van der Waals surface area contributed by atoms with Crippen LogP contribution in [0.4, 0.5) is 10.5 Å². The van der Waals surface area contributed by atoms with Gasteiger partial charge in [0.2, 0.25) is 0 Å². The van der Waals surface area contributed by atoms with Gasteiger partial charge in [0.05, 0.1) is 24.5 Å². The van der Waals surface area contributed by atoms with Crippen LogP contribution in [0.25, 0.3) is 0 Å². The van der Waals surface area contributed by atoms with Gasteiger partial charge in [-0.3, -0.25) is 4.98 Å². The summed E-state index contributed by atoms with van der Waals surface area (Å²) in [5.41, 5.74) is 1.91. The number of aromatic nitrogens is 1. The molecule has 1 aromatic carbocycles. The van der Waals surface area contributed by atoms with E-state index in [9.17, 15) is 9.59 Å². The van der Waals surface area contributed by atoms with Crippen LogP contribution < -0.4 is 5.32 Å². The van der Waals surface area contributed by atoms with E-state index in [1.54, 1.807) is 35.5 Å². The summed E-state index contributed by atoms with van der Waals surface area (Å²) in [6, 6.07) is 8.43. The van der Waals surface area contributed by atoms with E-state index in [0.717, 1.165) is 25.0 Å². The Labute approximate surface area is 172 Å². The summed E-state index contributed by atoms with van der Waals surface area (Å²) in [5, 5.41) is 2.90. The second-order valence-corrected chi connectivity index (χ2v) is 7.35. The number of nitrogens with one attached hydrogen (secondary N) is 1. The second kappa shape index (κ2) is 9.66. The van der Waals surface area contributed by atoms with E-state index in [0.29, 0.717) is 28.8 Å². The topological polar surface area (TPSA) is 80.8 Å². The average Bonchev–Trinajstić information content (AvgIpc) is 3.22. The second-order valence-electron chi connectivity index (χ2n) is 6.49. The molecule has 8 heteroatoms. The van der Waals surface area contributed by atoms with Crippen LogP contribution >= 0.6 is 15.9 Å². The molecule has 0 radical (unpaired) electrons. The maximum atomic E-state index is 13.0. The Morgan fingerprint density at radius 2 is 2.25 bits per heavy atom. The van der Waals surface area contributed by atoms with Crippen molar-refractivity contribution in [3.05, 3.63) is 58.3 Å². The molecule has 0 aliphatic carbocycles. The van der Waals surface area contributed by atoms with Gasteiger partial charge in [0.1, 0.15) is 0 Å². The van der Waals surface area contributed by atoms with Crippen LogP contribution in [-0.2, 0) is 16.0 Å². The molecule has 1 aliphatic heterocycles. The zero-order chi connectivity index (χ0) is 19.9. The number of methoxy groups -OCH3 is 1. The molecule has 7 nitrogen and oxygen atoms in total. The fourth-order valence-corrected chi connectivity index (χ4v) is 3.50. The van der Waals surface area contributed by atoms with Crippen molar-refractivity contribution in [1.82, 2.24) is 9.88 Å². The highest BCUT2D eigenvalue weighted by atomic mass is 79.9. The number of esters is 1. The third kappa shape index (κ3) is 5.30. The van der Waals surface area contributed by atoms with E-state index in [1.165, 1.54) is 7.11 Å². The number of hydrogen-bond donors (Lipinski definition) is 1. The number of hydrogen-bond acceptors (Lipinski definition) is 5. The fraction of sp³-hybridized carbons (Fsp3) is 0.350. The van der Waals surface area contributed by atoms with Crippen LogP contribution in [0.1, 0.15) is 28.8 Å². The highest BCUT2D eigenvalue weighted by Crippen LogP contribution is 2.25. The number of rotatable bonds is 6. The summed E-state index contributed by atoms with van der Waals surface area (Å²) >= 11 is 3.40. The van der Waals surface area contributed by atoms with E-state index in [-0.39, 0.29) is 12.1 Å². The molecule has 3 rings (SSSR count). The van der Waals surface area contributed by atoms with Gasteiger partial charge >= 0.3 is 12.0 Å². The molecule has 28 heavy (non-hydrogen) atoms. The average molecular weight is 448 g/mol. The number of carbonyl (C=O) groups is 2. The van der Waals surface area contributed by atoms with Crippen molar-refractivity contribution < 1.29 is 19.1 Å². The molecule has 1 fully saturated rings. The largest absolute Gasteiger partial charge is 0.465 e. The third-order valence-corrected chi connectivity index (χ3v) is 5.12. The van der Waals surface area contributed by atoms with Crippen LogP contribution in [0.5, 0.6) is 0 Å². The van der Waals surface area contributed by atoms with Gasteiger partial charge < -0.3 is 19.7 Å². The van der Waals surface area contributed by atoms with Gasteiger partial charge in [0.15, 0.2) is 0 Å². The van der Waals surface area contributed by atoms with Gasteiger partial charge in [0, 0.05) is 36.6 Å². The predicted molar refractivity (Wildman–Crippen MR) is 108 cm³/mol. The van der Waals surface area contributed by atoms with Crippen molar-refractivity contribution in [1.29, 1.82) is 0 Å². The molecule has 2 heterocycles. The lowest BCUT2D eigenvalue weighted by Crippen LogP contribution is -2.39. The van der Waals surface area contributed by atoms with Crippen molar-refractivity contribution in [3.8, 4) is 0 Å². The minimum Gasteiger partial charge on any atom is -0.465 e. The van der Waals surface area contributed by atoms with E-state index in [1.807, 2.05) is 12.1 Å². The molecule has 1 saturated heterocycles. The third-order valence-electron chi connectivity index (χ3n) is 4.46. The van der Waals surface area contributed by atoms with Gasteiger partial charge in [0.25, 0.3) is 0 Å². The van der Waals surface area contributed by atoms with E-state index in [2.05, 4.69) is 26.2 Å². The number of urea groups is 1. The zero-order valence-electron chi connectivity index (χ0n) is 15.6. The van der Waals surface area contributed by atoms with Crippen LogP contribution in [-0.4, -0.2) is 48.2 Å².